The van der Waals surface area contributed by atoms with E-state index in [-0.39, 0.29) is 5.97 Å². The second-order valence-electron chi connectivity index (χ2n) is 4.68. The molecule has 0 saturated heterocycles. The van der Waals surface area contributed by atoms with Gasteiger partial charge in [-0.15, -0.1) is 5.73 Å². The van der Waals surface area contributed by atoms with E-state index in [0.29, 0.717) is 13.0 Å². The minimum atomic E-state index is -0.119. The Bertz CT molecular complexity index is 454. The topological polar surface area (TPSA) is 26.3 Å². The van der Waals surface area contributed by atoms with Gasteiger partial charge in [0.05, 0.1) is 6.61 Å². The van der Waals surface area contributed by atoms with Crippen molar-refractivity contribution in [1.29, 1.82) is 0 Å². The molecule has 0 atom stereocenters. The molecule has 0 bridgehead atoms. The van der Waals surface area contributed by atoms with Crippen LogP contribution in [0.5, 0.6) is 0 Å². The van der Waals surface area contributed by atoms with Gasteiger partial charge in [-0.25, -0.2) is 0 Å². The zero-order chi connectivity index (χ0) is 14.6. The molecular weight excluding hydrogens is 248 g/mol. The predicted molar refractivity (Wildman–Crippen MR) is 82.5 cm³/mol. The van der Waals surface area contributed by atoms with E-state index in [1.165, 1.54) is 11.1 Å². The molecule has 1 aromatic rings. The fraction of sp³-hybridized carbons (Fsp3) is 0.444. The maximum Gasteiger partial charge on any atom is 0.306 e. The standard InChI is InChI=1S/C18H24O2/c1-3-9-16(14-15-18(19)20-4-2)12-8-13-17-10-6-5-7-11-17/h3,5-7,10-11H,4,8,12-15H2,1-2H3. The van der Waals surface area contributed by atoms with E-state index in [4.69, 9.17) is 4.74 Å². The number of hydrogen-bond acceptors (Lipinski definition) is 2. The van der Waals surface area contributed by atoms with Crippen LogP contribution >= 0.6 is 0 Å². The number of allylic oxidation sites excluding steroid dienone is 1. The second kappa shape index (κ2) is 10.1. The molecule has 20 heavy (non-hydrogen) atoms. The van der Waals surface area contributed by atoms with E-state index in [1.54, 1.807) is 0 Å². The Morgan fingerprint density at radius 2 is 1.95 bits per heavy atom. The third kappa shape index (κ3) is 6.96. The molecule has 0 aliphatic rings. The van der Waals surface area contributed by atoms with Gasteiger partial charge in [0.2, 0.25) is 0 Å². The SMILES string of the molecule is CC=C=C(CCCc1ccccc1)CCC(=O)OCC. The van der Waals surface area contributed by atoms with Crippen molar-refractivity contribution in [2.24, 2.45) is 0 Å². The highest BCUT2D eigenvalue weighted by atomic mass is 16.5. The van der Waals surface area contributed by atoms with Crippen LogP contribution in [-0.2, 0) is 16.0 Å². The van der Waals surface area contributed by atoms with Gasteiger partial charge in [0.15, 0.2) is 0 Å². The Balaban J connectivity index is 2.37. The average Bonchev–Trinajstić information content (AvgIpc) is 2.46. The molecule has 0 spiro atoms. The molecule has 0 aliphatic carbocycles. The predicted octanol–water partition coefficient (Wildman–Crippen LogP) is 4.45. The summed E-state index contributed by atoms with van der Waals surface area (Å²) in [6.07, 6.45) is 6.26. The van der Waals surface area contributed by atoms with Crippen LogP contribution in [0.15, 0.2) is 47.7 Å². The quantitative estimate of drug-likeness (QED) is 0.516. The lowest BCUT2D eigenvalue weighted by atomic mass is 10.0. The fourth-order valence-electron chi connectivity index (χ4n) is 2.11. The number of rotatable bonds is 8. The fourth-order valence-corrected chi connectivity index (χ4v) is 2.11. The van der Waals surface area contributed by atoms with Gasteiger partial charge >= 0.3 is 5.97 Å². The van der Waals surface area contributed by atoms with E-state index >= 15 is 0 Å². The second-order valence-corrected chi connectivity index (χ2v) is 4.68. The van der Waals surface area contributed by atoms with Crippen molar-refractivity contribution in [3.05, 3.63) is 53.3 Å². The first-order valence-electron chi connectivity index (χ1n) is 7.34. The Morgan fingerprint density at radius 1 is 1.20 bits per heavy atom. The van der Waals surface area contributed by atoms with E-state index in [1.807, 2.05) is 26.0 Å². The van der Waals surface area contributed by atoms with Crippen molar-refractivity contribution in [1.82, 2.24) is 0 Å². The molecule has 0 aliphatic heterocycles. The van der Waals surface area contributed by atoms with Crippen molar-refractivity contribution in [3.63, 3.8) is 0 Å². The lowest BCUT2D eigenvalue weighted by Crippen LogP contribution is -2.04. The highest BCUT2D eigenvalue weighted by Gasteiger charge is 2.04. The molecular formula is C18H24O2. The van der Waals surface area contributed by atoms with Crippen LogP contribution < -0.4 is 0 Å². The molecule has 2 nitrogen and oxygen atoms in total. The van der Waals surface area contributed by atoms with Crippen LogP contribution in [0.1, 0.15) is 45.1 Å². The summed E-state index contributed by atoms with van der Waals surface area (Å²) in [5.41, 5.74) is 5.81. The minimum Gasteiger partial charge on any atom is -0.466 e. The van der Waals surface area contributed by atoms with Crippen LogP contribution in [0.25, 0.3) is 0 Å². The van der Waals surface area contributed by atoms with Crippen molar-refractivity contribution in [3.8, 4) is 0 Å². The highest BCUT2D eigenvalue weighted by Crippen LogP contribution is 2.14. The van der Waals surface area contributed by atoms with Crippen LogP contribution in [0.3, 0.4) is 0 Å². The molecule has 0 amide bonds. The lowest BCUT2D eigenvalue weighted by Gasteiger charge is -2.05. The molecule has 0 fully saturated rings. The summed E-state index contributed by atoms with van der Waals surface area (Å²) in [6.45, 7) is 4.25. The van der Waals surface area contributed by atoms with Crippen molar-refractivity contribution in [2.75, 3.05) is 6.61 Å². The first-order valence-corrected chi connectivity index (χ1v) is 7.34. The number of hydrogen-bond donors (Lipinski definition) is 0. The third-order valence-electron chi connectivity index (χ3n) is 3.07. The largest absolute Gasteiger partial charge is 0.466 e. The Labute approximate surface area is 122 Å². The number of carbonyl (C=O) groups excluding carboxylic acids is 1. The minimum absolute atomic E-state index is 0.119. The molecule has 0 unspecified atom stereocenters. The number of carbonyl (C=O) groups is 1. The molecule has 0 heterocycles. The van der Waals surface area contributed by atoms with Crippen LogP contribution in [0.4, 0.5) is 0 Å². The van der Waals surface area contributed by atoms with Crippen molar-refractivity contribution < 1.29 is 9.53 Å². The first-order chi connectivity index (χ1) is 9.76. The molecule has 108 valence electrons. The van der Waals surface area contributed by atoms with Gasteiger partial charge < -0.3 is 4.74 Å². The summed E-state index contributed by atoms with van der Waals surface area (Å²) in [6, 6.07) is 10.5. The van der Waals surface area contributed by atoms with E-state index < -0.39 is 0 Å². The van der Waals surface area contributed by atoms with Gasteiger partial charge in [-0.05, 0) is 56.7 Å². The maximum absolute atomic E-state index is 11.4. The van der Waals surface area contributed by atoms with E-state index in [0.717, 1.165) is 25.7 Å². The van der Waals surface area contributed by atoms with Gasteiger partial charge in [0.1, 0.15) is 0 Å². The van der Waals surface area contributed by atoms with Gasteiger partial charge in [-0.3, -0.25) is 4.79 Å². The van der Waals surface area contributed by atoms with Crippen molar-refractivity contribution in [2.45, 2.75) is 46.0 Å². The van der Waals surface area contributed by atoms with Crippen LogP contribution in [0.2, 0.25) is 0 Å². The molecule has 1 rings (SSSR count). The van der Waals surface area contributed by atoms with Crippen molar-refractivity contribution >= 4 is 5.97 Å². The lowest BCUT2D eigenvalue weighted by molar-refractivity contribution is -0.143. The smallest absolute Gasteiger partial charge is 0.306 e. The highest BCUT2D eigenvalue weighted by molar-refractivity contribution is 5.69. The summed E-state index contributed by atoms with van der Waals surface area (Å²) in [5.74, 6) is -0.119. The normalized spacial score (nSPS) is 9.70. The molecule has 2 heteroatoms. The number of esters is 1. The third-order valence-corrected chi connectivity index (χ3v) is 3.07. The first kappa shape index (κ1) is 16.3. The van der Waals surface area contributed by atoms with Gasteiger partial charge in [-0.1, -0.05) is 30.3 Å². The molecule has 0 saturated carbocycles. The van der Waals surface area contributed by atoms with Crippen LogP contribution in [0, 0.1) is 0 Å². The summed E-state index contributed by atoms with van der Waals surface area (Å²) < 4.78 is 4.95. The Hall–Kier alpha value is -1.79. The van der Waals surface area contributed by atoms with E-state index in [9.17, 15) is 4.79 Å². The summed E-state index contributed by atoms with van der Waals surface area (Å²) in [4.78, 5) is 11.4. The van der Waals surface area contributed by atoms with Gasteiger partial charge in [0.25, 0.3) is 0 Å². The number of ether oxygens (including phenoxy) is 1. The molecule has 0 aromatic heterocycles. The zero-order valence-electron chi connectivity index (χ0n) is 12.5. The molecule has 0 radical (unpaired) electrons. The Morgan fingerprint density at radius 3 is 2.60 bits per heavy atom. The zero-order valence-corrected chi connectivity index (χ0v) is 12.5. The summed E-state index contributed by atoms with van der Waals surface area (Å²) in [5, 5.41) is 0. The van der Waals surface area contributed by atoms with E-state index in [2.05, 4.69) is 30.0 Å². The van der Waals surface area contributed by atoms with Gasteiger partial charge in [0, 0.05) is 6.42 Å². The average molecular weight is 272 g/mol. The number of aryl methyl sites for hydroxylation is 1. The summed E-state index contributed by atoms with van der Waals surface area (Å²) in [7, 11) is 0. The molecule has 1 aromatic carbocycles. The number of benzene rings is 1. The monoisotopic (exact) mass is 272 g/mol. The maximum atomic E-state index is 11.4. The summed E-state index contributed by atoms with van der Waals surface area (Å²) >= 11 is 0. The Kier molecular flexibility index (Phi) is 8.17. The van der Waals surface area contributed by atoms with Crippen LogP contribution in [-0.4, -0.2) is 12.6 Å². The molecule has 0 N–H and O–H groups in total. The van der Waals surface area contributed by atoms with Gasteiger partial charge in [-0.2, -0.15) is 0 Å².